The zero-order chi connectivity index (χ0) is 17.1. The number of hydrogen-bond donors (Lipinski definition) is 1. The van der Waals surface area contributed by atoms with E-state index in [1.54, 1.807) is 18.4 Å². The Bertz CT molecular complexity index is 697. The van der Waals surface area contributed by atoms with Gasteiger partial charge in [0.05, 0.1) is 12.1 Å². The number of likely N-dealkylation sites (tertiary alicyclic amines) is 1. The molecule has 2 aromatic heterocycles. The van der Waals surface area contributed by atoms with E-state index in [0.29, 0.717) is 6.61 Å². The Morgan fingerprint density at radius 1 is 1.58 bits per heavy atom. The summed E-state index contributed by atoms with van der Waals surface area (Å²) in [6.07, 6.45) is 1.89. The third-order valence-corrected chi connectivity index (χ3v) is 5.30. The molecule has 0 saturated carbocycles. The van der Waals surface area contributed by atoms with E-state index in [0.717, 1.165) is 41.6 Å². The number of carbonyl (C=O) groups excluding carboxylic acids is 1. The predicted molar refractivity (Wildman–Crippen MR) is 91.9 cm³/mol. The molecular formula is C17H23N3O3S. The molecule has 0 radical (unpaired) electrons. The van der Waals surface area contributed by atoms with Crippen LogP contribution in [0.3, 0.4) is 0 Å². The third kappa shape index (κ3) is 3.62. The highest BCUT2D eigenvalue weighted by molar-refractivity contribution is 7.09. The molecule has 0 unspecified atom stereocenters. The average molecular weight is 349 g/mol. The van der Waals surface area contributed by atoms with Crippen LogP contribution in [0.25, 0.3) is 0 Å². The molecule has 1 fully saturated rings. The average Bonchev–Trinajstić information content (AvgIpc) is 3.26. The predicted octanol–water partition coefficient (Wildman–Crippen LogP) is 3.80. The normalized spacial score (nSPS) is 18.8. The maximum atomic E-state index is 12.7. The molecule has 7 heteroatoms. The standard InChI is InChI=1S/C17H23N3O3S/c1-11-10-24-16(18-11)12(2)19-17(21)20-8-4-5-14(20)15-7-6-13(23-15)9-22-3/h6-7,10,12,14H,4-5,8-9H2,1-3H3,(H,19,21)/t12-,14+/m1/s1. The number of nitrogens with one attached hydrogen (secondary N) is 1. The van der Waals surface area contributed by atoms with Gasteiger partial charge < -0.3 is 19.4 Å². The minimum absolute atomic E-state index is 0.0131. The summed E-state index contributed by atoms with van der Waals surface area (Å²) in [7, 11) is 1.64. The van der Waals surface area contributed by atoms with Crippen molar-refractivity contribution in [2.24, 2.45) is 0 Å². The summed E-state index contributed by atoms with van der Waals surface area (Å²) in [4.78, 5) is 19.0. The molecule has 6 nitrogen and oxygen atoms in total. The fourth-order valence-corrected chi connectivity index (χ4v) is 3.80. The first-order chi connectivity index (χ1) is 11.6. The highest BCUT2D eigenvalue weighted by Crippen LogP contribution is 2.33. The largest absolute Gasteiger partial charge is 0.461 e. The van der Waals surface area contributed by atoms with E-state index >= 15 is 0 Å². The highest BCUT2D eigenvalue weighted by Gasteiger charge is 2.33. The molecule has 3 rings (SSSR count). The lowest BCUT2D eigenvalue weighted by atomic mass is 10.2. The number of urea groups is 1. The van der Waals surface area contributed by atoms with Gasteiger partial charge >= 0.3 is 6.03 Å². The van der Waals surface area contributed by atoms with Gasteiger partial charge in [0.15, 0.2) is 0 Å². The maximum Gasteiger partial charge on any atom is 0.318 e. The van der Waals surface area contributed by atoms with E-state index in [4.69, 9.17) is 9.15 Å². The Kier molecular flexibility index (Phi) is 5.20. The smallest absolute Gasteiger partial charge is 0.318 e. The van der Waals surface area contributed by atoms with Gasteiger partial charge in [0, 0.05) is 24.7 Å². The molecule has 0 bridgehead atoms. The molecule has 0 aromatic carbocycles. The Balaban J connectivity index is 1.66. The van der Waals surface area contributed by atoms with Crippen LogP contribution in [0.5, 0.6) is 0 Å². The van der Waals surface area contributed by atoms with Crippen molar-refractivity contribution in [3.05, 3.63) is 39.7 Å². The number of furan rings is 1. The second-order valence-corrected chi connectivity index (χ2v) is 6.98. The summed E-state index contributed by atoms with van der Waals surface area (Å²) in [6.45, 7) is 5.10. The van der Waals surface area contributed by atoms with Crippen molar-refractivity contribution in [1.29, 1.82) is 0 Å². The minimum Gasteiger partial charge on any atom is -0.461 e. The van der Waals surface area contributed by atoms with Crippen LogP contribution in [0, 0.1) is 6.92 Å². The molecule has 1 aliphatic rings. The van der Waals surface area contributed by atoms with Gasteiger partial charge in [-0.15, -0.1) is 11.3 Å². The Hall–Kier alpha value is -1.86. The minimum atomic E-state index is -0.0990. The quantitative estimate of drug-likeness (QED) is 0.891. The molecule has 0 aliphatic carbocycles. The highest BCUT2D eigenvalue weighted by atomic mass is 32.1. The summed E-state index contributed by atoms with van der Waals surface area (Å²) >= 11 is 1.57. The molecule has 1 saturated heterocycles. The zero-order valence-electron chi connectivity index (χ0n) is 14.2. The maximum absolute atomic E-state index is 12.7. The van der Waals surface area contributed by atoms with Gasteiger partial charge in [-0.25, -0.2) is 9.78 Å². The molecular weight excluding hydrogens is 326 g/mol. The van der Waals surface area contributed by atoms with Crippen molar-refractivity contribution in [2.75, 3.05) is 13.7 Å². The van der Waals surface area contributed by atoms with Crippen molar-refractivity contribution in [2.45, 2.75) is 45.4 Å². The fourth-order valence-electron chi connectivity index (χ4n) is 3.00. The molecule has 2 amide bonds. The number of rotatable bonds is 5. The number of aromatic nitrogens is 1. The van der Waals surface area contributed by atoms with E-state index in [9.17, 15) is 4.79 Å². The van der Waals surface area contributed by atoms with Crippen LogP contribution in [0.2, 0.25) is 0 Å². The number of aryl methyl sites for hydroxylation is 1. The second kappa shape index (κ2) is 7.36. The van der Waals surface area contributed by atoms with Gasteiger partial charge in [-0.1, -0.05) is 0 Å². The lowest BCUT2D eigenvalue weighted by Gasteiger charge is -2.25. The van der Waals surface area contributed by atoms with Crippen LogP contribution < -0.4 is 5.32 Å². The SMILES string of the molecule is COCc1ccc([C@@H]2CCCN2C(=O)N[C@H](C)c2nc(C)cs2)o1. The van der Waals surface area contributed by atoms with Crippen molar-refractivity contribution in [3.8, 4) is 0 Å². The van der Waals surface area contributed by atoms with Crippen molar-refractivity contribution < 1.29 is 13.9 Å². The Labute approximate surface area is 145 Å². The molecule has 0 spiro atoms. The monoisotopic (exact) mass is 349 g/mol. The summed E-state index contributed by atoms with van der Waals surface area (Å²) in [5, 5.41) is 5.98. The Morgan fingerprint density at radius 2 is 2.42 bits per heavy atom. The van der Waals surface area contributed by atoms with E-state index < -0.39 is 0 Å². The van der Waals surface area contributed by atoms with Crippen LogP contribution in [0.4, 0.5) is 4.79 Å². The van der Waals surface area contributed by atoms with Gasteiger partial charge in [-0.2, -0.15) is 0 Å². The van der Waals surface area contributed by atoms with Crippen LogP contribution in [-0.2, 0) is 11.3 Å². The van der Waals surface area contributed by atoms with Gasteiger partial charge in [0.1, 0.15) is 23.1 Å². The number of nitrogens with zero attached hydrogens (tertiary/aromatic N) is 2. The van der Waals surface area contributed by atoms with E-state index in [2.05, 4.69) is 10.3 Å². The number of amides is 2. The summed E-state index contributed by atoms with van der Waals surface area (Å²) in [5.74, 6) is 1.61. The number of thiazole rings is 1. The molecule has 2 atom stereocenters. The first-order valence-electron chi connectivity index (χ1n) is 8.15. The first kappa shape index (κ1) is 17.0. The van der Waals surface area contributed by atoms with E-state index in [1.165, 1.54) is 0 Å². The van der Waals surface area contributed by atoms with Gasteiger partial charge in [-0.05, 0) is 38.8 Å². The fraction of sp³-hybridized carbons (Fsp3) is 0.529. The molecule has 3 heterocycles. The second-order valence-electron chi connectivity index (χ2n) is 6.09. The molecule has 1 N–H and O–H groups in total. The number of ether oxygens (including phenoxy) is 1. The van der Waals surface area contributed by atoms with Gasteiger partial charge in [0.2, 0.25) is 0 Å². The van der Waals surface area contributed by atoms with Crippen molar-refractivity contribution >= 4 is 17.4 Å². The van der Waals surface area contributed by atoms with E-state index in [1.807, 2.05) is 36.3 Å². The number of methoxy groups -OCH3 is 1. The van der Waals surface area contributed by atoms with Crippen molar-refractivity contribution in [1.82, 2.24) is 15.2 Å². The molecule has 2 aromatic rings. The van der Waals surface area contributed by atoms with Gasteiger partial charge in [0.25, 0.3) is 0 Å². The lowest BCUT2D eigenvalue weighted by molar-refractivity contribution is 0.155. The first-order valence-corrected chi connectivity index (χ1v) is 9.03. The third-order valence-electron chi connectivity index (χ3n) is 4.16. The lowest BCUT2D eigenvalue weighted by Crippen LogP contribution is -2.40. The van der Waals surface area contributed by atoms with Crippen LogP contribution in [-0.4, -0.2) is 29.6 Å². The van der Waals surface area contributed by atoms with Crippen LogP contribution in [0.15, 0.2) is 21.9 Å². The molecule has 24 heavy (non-hydrogen) atoms. The zero-order valence-corrected chi connectivity index (χ0v) is 15.1. The summed E-state index contributed by atoms with van der Waals surface area (Å²) < 4.78 is 10.9. The number of carbonyl (C=O) groups is 1. The van der Waals surface area contributed by atoms with E-state index in [-0.39, 0.29) is 18.1 Å². The van der Waals surface area contributed by atoms with Crippen LogP contribution in [0.1, 0.15) is 54.1 Å². The summed E-state index contributed by atoms with van der Waals surface area (Å²) in [5.41, 5.74) is 0.983. The summed E-state index contributed by atoms with van der Waals surface area (Å²) in [6, 6.07) is 3.67. The molecule has 130 valence electrons. The Morgan fingerprint density at radius 3 is 3.12 bits per heavy atom. The van der Waals surface area contributed by atoms with Crippen molar-refractivity contribution in [3.63, 3.8) is 0 Å². The topological polar surface area (TPSA) is 67.6 Å². The van der Waals surface area contributed by atoms with Crippen LogP contribution >= 0.6 is 11.3 Å². The number of hydrogen-bond acceptors (Lipinski definition) is 5. The van der Waals surface area contributed by atoms with Gasteiger partial charge in [-0.3, -0.25) is 0 Å². The molecule has 1 aliphatic heterocycles.